The average Bonchev–Trinajstić information content (AvgIpc) is 3.42. The molecule has 2 amide bonds. The van der Waals surface area contributed by atoms with Crippen molar-refractivity contribution in [3.63, 3.8) is 0 Å². The molecule has 0 N–H and O–H groups in total. The lowest BCUT2D eigenvalue weighted by Crippen LogP contribution is -2.43. The normalized spacial score (nSPS) is 20.3. The summed E-state index contributed by atoms with van der Waals surface area (Å²) in [7, 11) is 3.40. The molecule has 2 saturated heterocycles. The summed E-state index contributed by atoms with van der Waals surface area (Å²) in [5.41, 5.74) is 3.81. The Kier molecular flexibility index (Phi) is 8.06. The maximum atomic E-state index is 13.5. The second-order valence-electron chi connectivity index (χ2n) is 10.1. The fraction of sp³-hybridized carbons (Fsp3) is 0.448. The second kappa shape index (κ2) is 11.1. The lowest BCUT2D eigenvalue weighted by atomic mass is 9.74. The van der Waals surface area contributed by atoms with Gasteiger partial charge in [-0.2, -0.15) is 0 Å². The molecule has 7 heteroatoms. The smallest absolute Gasteiger partial charge is 0.232 e. The van der Waals surface area contributed by atoms with Crippen molar-refractivity contribution in [2.24, 2.45) is 5.92 Å². The molecular formula is C29H36ClN3O3. The van der Waals surface area contributed by atoms with Crippen molar-refractivity contribution in [1.29, 1.82) is 0 Å². The first kappa shape index (κ1) is 26.2. The molecule has 2 heterocycles. The van der Waals surface area contributed by atoms with E-state index in [1.165, 1.54) is 11.1 Å². The molecule has 3 aliphatic rings. The Balaban J connectivity index is 0.00000304. The maximum absolute atomic E-state index is 13.5. The topological polar surface area (TPSA) is 53.1 Å². The van der Waals surface area contributed by atoms with Crippen LogP contribution in [-0.2, 0) is 15.0 Å². The SMILES string of the molecule is COc1ccccc1N(CCCN1CCC2(C=Cc3ccccc32)CC1)C(=O)C1CC(=O)N(C)C1.Cl. The van der Waals surface area contributed by atoms with Crippen LogP contribution in [0.25, 0.3) is 6.08 Å². The number of para-hydroxylation sites is 2. The lowest BCUT2D eigenvalue weighted by molar-refractivity contribution is -0.127. The van der Waals surface area contributed by atoms with E-state index in [2.05, 4.69) is 41.3 Å². The first-order valence-corrected chi connectivity index (χ1v) is 12.7. The lowest BCUT2D eigenvalue weighted by Gasteiger charge is -2.39. The summed E-state index contributed by atoms with van der Waals surface area (Å²) in [5.74, 6) is 0.428. The molecule has 2 aliphatic heterocycles. The van der Waals surface area contributed by atoms with Crippen LogP contribution in [0.4, 0.5) is 5.69 Å². The number of methoxy groups -OCH3 is 1. The third-order valence-electron chi connectivity index (χ3n) is 8.02. The number of nitrogens with zero attached hydrogens (tertiary/aromatic N) is 3. The van der Waals surface area contributed by atoms with Crippen LogP contribution in [0.5, 0.6) is 5.75 Å². The molecule has 1 unspecified atom stereocenters. The summed E-state index contributed by atoms with van der Waals surface area (Å²) in [6.07, 6.45) is 8.12. The zero-order chi connectivity index (χ0) is 24.4. The number of carbonyl (C=O) groups is 2. The molecule has 6 nitrogen and oxygen atoms in total. The molecule has 0 radical (unpaired) electrons. The number of amides is 2. The van der Waals surface area contributed by atoms with Crippen molar-refractivity contribution < 1.29 is 14.3 Å². The van der Waals surface area contributed by atoms with E-state index in [-0.39, 0.29) is 42.0 Å². The van der Waals surface area contributed by atoms with E-state index in [1.807, 2.05) is 29.2 Å². The van der Waals surface area contributed by atoms with Crippen molar-refractivity contribution >= 4 is 36.0 Å². The minimum atomic E-state index is -0.304. The number of halogens is 1. The summed E-state index contributed by atoms with van der Waals surface area (Å²) in [6.45, 7) is 4.15. The molecule has 0 saturated carbocycles. The van der Waals surface area contributed by atoms with Crippen LogP contribution in [0, 0.1) is 5.92 Å². The Morgan fingerprint density at radius 1 is 1.11 bits per heavy atom. The fourth-order valence-electron chi connectivity index (χ4n) is 5.95. The second-order valence-corrected chi connectivity index (χ2v) is 10.1. The largest absolute Gasteiger partial charge is 0.495 e. The van der Waals surface area contributed by atoms with Crippen LogP contribution in [0.15, 0.2) is 54.6 Å². The summed E-state index contributed by atoms with van der Waals surface area (Å²) in [5, 5.41) is 0. The molecular weight excluding hydrogens is 474 g/mol. The number of benzene rings is 2. The number of hydrogen-bond acceptors (Lipinski definition) is 4. The number of rotatable bonds is 7. The molecule has 1 atom stereocenters. The zero-order valence-corrected chi connectivity index (χ0v) is 22.0. The Hall–Kier alpha value is -2.83. The molecule has 2 aromatic carbocycles. The quantitative estimate of drug-likeness (QED) is 0.556. The highest BCUT2D eigenvalue weighted by atomic mass is 35.5. The number of anilines is 1. The van der Waals surface area contributed by atoms with Gasteiger partial charge in [-0.05, 0) is 62.2 Å². The third kappa shape index (κ3) is 5.02. The first-order valence-electron chi connectivity index (χ1n) is 12.7. The van der Waals surface area contributed by atoms with E-state index < -0.39 is 0 Å². The van der Waals surface area contributed by atoms with Gasteiger partial charge in [0.25, 0.3) is 0 Å². The van der Waals surface area contributed by atoms with Gasteiger partial charge in [0.05, 0.1) is 18.7 Å². The maximum Gasteiger partial charge on any atom is 0.232 e. The Morgan fingerprint density at radius 3 is 2.56 bits per heavy atom. The van der Waals surface area contributed by atoms with Gasteiger partial charge in [0.15, 0.2) is 0 Å². The monoisotopic (exact) mass is 509 g/mol. The van der Waals surface area contributed by atoms with E-state index in [1.54, 1.807) is 19.1 Å². The van der Waals surface area contributed by atoms with Gasteiger partial charge >= 0.3 is 0 Å². The number of likely N-dealkylation sites (tertiary alicyclic amines) is 2. The van der Waals surface area contributed by atoms with Gasteiger partial charge in [0.1, 0.15) is 5.75 Å². The van der Waals surface area contributed by atoms with Crippen LogP contribution in [0.1, 0.15) is 36.8 Å². The zero-order valence-electron chi connectivity index (χ0n) is 21.2. The predicted octanol–water partition coefficient (Wildman–Crippen LogP) is 4.38. The van der Waals surface area contributed by atoms with Crippen molar-refractivity contribution in [2.75, 3.05) is 51.8 Å². The van der Waals surface area contributed by atoms with Gasteiger partial charge in [-0.25, -0.2) is 0 Å². The van der Waals surface area contributed by atoms with Crippen LogP contribution in [0.3, 0.4) is 0 Å². The summed E-state index contributed by atoms with van der Waals surface area (Å²) in [6, 6.07) is 16.4. The van der Waals surface area contributed by atoms with Gasteiger partial charge in [0, 0.05) is 32.0 Å². The molecule has 192 valence electrons. The van der Waals surface area contributed by atoms with Gasteiger partial charge < -0.3 is 19.4 Å². The van der Waals surface area contributed by atoms with Crippen LogP contribution >= 0.6 is 12.4 Å². The van der Waals surface area contributed by atoms with Gasteiger partial charge in [0.2, 0.25) is 11.8 Å². The predicted molar refractivity (Wildman–Crippen MR) is 146 cm³/mol. The number of piperidine rings is 1. The summed E-state index contributed by atoms with van der Waals surface area (Å²) < 4.78 is 5.57. The molecule has 2 aromatic rings. The molecule has 0 aromatic heterocycles. The van der Waals surface area contributed by atoms with E-state index in [0.717, 1.165) is 44.6 Å². The first-order chi connectivity index (χ1) is 17.0. The van der Waals surface area contributed by atoms with Crippen molar-refractivity contribution in [3.05, 3.63) is 65.7 Å². The third-order valence-corrected chi connectivity index (χ3v) is 8.02. The molecule has 5 rings (SSSR count). The highest BCUT2D eigenvalue weighted by molar-refractivity contribution is 6.00. The molecule has 2 fully saturated rings. The van der Waals surface area contributed by atoms with E-state index >= 15 is 0 Å². The minimum Gasteiger partial charge on any atom is -0.495 e. The summed E-state index contributed by atoms with van der Waals surface area (Å²) >= 11 is 0. The molecule has 0 bridgehead atoms. The van der Waals surface area contributed by atoms with Crippen molar-refractivity contribution in [2.45, 2.75) is 31.1 Å². The molecule has 36 heavy (non-hydrogen) atoms. The van der Waals surface area contributed by atoms with Crippen LogP contribution in [-0.4, -0.2) is 68.5 Å². The van der Waals surface area contributed by atoms with E-state index in [0.29, 0.717) is 18.8 Å². The Morgan fingerprint density at radius 2 is 1.83 bits per heavy atom. The number of fused-ring (bicyclic) bond motifs is 2. The van der Waals surface area contributed by atoms with Gasteiger partial charge in [-0.1, -0.05) is 48.6 Å². The number of ether oxygens (including phenoxy) is 1. The van der Waals surface area contributed by atoms with Crippen LogP contribution in [0.2, 0.25) is 0 Å². The van der Waals surface area contributed by atoms with Crippen LogP contribution < -0.4 is 9.64 Å². The standard InChI is InChI=1S/C29H35N3O3.ClH/c1-30-21-23(20-27(30)33)28(34)32(25-10-5-6-11-26(25)35-2)17-7-16-31-18-14-29(15-19-31)13-12-22-8-3-4-9-24(22)29;/h3-6,8-13,23H,7,14-21H2,1-2H3;1H. The van der Waals surface area contributed by atoms with Crippen molar-refractivity contribution in [3.8, 4) is 5.75 Å². The Labute approximate surface area is 220 Å². The number of hydrogen-bond donors (Lipinski definition) is 0. The average molecular weight is 510 g/mol. The van der Waals surface area contributed by atoms with Gasteiger partial charge in [-0.15, -0.1) is 12.4 Å². The van der Waals surface area contributed by atoms with Gasteiger partial charge in [-0.3, -0.25) is 9.59 Å². The fourth-order valence-corrected chi connectivity index (χ4v) is 5.95. The molecule has 1 aliphatic carbocycles. The number of carbonyl (C=O) groups excluding carboxylic acids is 2. The van der Waals surface area contributed by atoms with E-state index in [9.17, 15) is 9.59 Å². The highest BCUT2D eigenvalue weighted by Crippen LogP contribution is 2.43. The highest BCUT2D eigenvalue weighted by Gasteiger charge is 2.38. The number of allylic oxidation sites excluding steroid dienone is 1. The van der Waals surface area contributed by atoms with E-state index in [4.69, 9.17) is 4.74 Å². The Bertz CT molecular complexity index is 1130. The molecule has 1 spiro atoms. The minimum absolute atomic E-state index is 0. The summed E-state index contributed by atoms with van der Waals surface area (Å²) in [4.78, 5) is 31.7. The van der Waals surface area contributed by atoms with Crippen molar-refractivity contribution in [1.82, 2.24) is 9.80 Å².